The summed E-state index contributed by atoms with van der Waals surface area (Å²) in [6.45, 7) is 9.98. The fraction of sp³-hybridized carbons (Fsp3) is 0.571. The van der Waals surface area contributed by atoms with E-state index in [1.807, 2.05) is 30.7 Å². The molecule has 7 nitrogen and oxygen atoms in total. The Morgan fingerprint density at radius 2 is 2.00 bits per heavy atom. The van der Waals surface area contributed by atoms with Gasteiger partial charge in [0.1, 0.15) is 18.1 Å². The topological polar surface area (TPSA) is 67.6 Å². The summed E-state index contributed by atoms with van der Waals surface area (Å²) in [7, 11) is 3.67. The van der Waals surface area contributed by atoms with Gasteiger partial charge in [-0.05, 0) is 42.9 Å². The van der Waals surface area contributed by atoms with Gasteiger partial charge < -0.3 is 19.5 Å². The fourth-order valence-electron chi connectivity index (χ4n) is 3.41. The third kappa shape index (κ3) is 5.03. The number of nitrogens with zero attached hydrogens (tertiary/aromatic N) is 5. The van der Waals surface area contributed by atoms with E-state index in [1.54, 1.807) is 7.11 Å². The largest absolute Gasteiger partial charge is 0.497 e. The van der Waals surface area contributed by atoms with Crippen LogP contribution in [0, 0.1) is 12.3 Å². The van der Waals surface area contributed by atoms with Crippen molar-refractivity contribution in [3.63, 3.8) is 0 Å². The predicted molar refractivity (Wildman–Crippen MR) is 112 cm³/mol. The summed E-state index contributed by atoms with van der Waals surface area (Å²) in [6, 6.07) is 8.23. The second kappa shape index (κ2) is 8.63. The number of methoxy groups -OCH3 is 1. The summed E-state index contributed by atoms with van der Waals surface area (Å²) in [6.07, 6.45) is 2.11. The van der Waals surface area contributed by atoms with Crippen LogP contribution in [-0.4, -0.2) is 52.4 Å². The number of nitrogens with one attached hydrogen (secondary N) is 1. The molecular weight excluding hydrogens is 352 g/mol. The lowest BCUT2D eigenvalue weighted by Gasteiger charge is -2.24. The van der Waals surface area contributed by atoms with Gasteiger partial charge in [0, 0.05) is 26.7 Å². The van der Waals surface area contributed by atoms with E-state index in [2.05, 4.69) is 46.4 Å². The Morgan fingerprint density at radius 1 is 1.25 bits per heavy atom. The molecule has 3 rings (SSSR count). The first-order valence-corrected chi connectivity index (χ1v) is 9.89. The molecule has 0 spiro atoms. The van der Waals surface area contributed by atoms with Crippen molar-refractivity contribution in [2.75, 3.05) is 26.7 Å². The van der Waals surface area contributed by atoms with Crippen molar-refractivity contribution in [3.8, 4) is 5.75 Å². The van der Waals surface area contributed by atoms with Crippen LogP contribution in [0.5, 0.6) is 5.75 Å². The molecule has 7 heteroatoms. The molecule has 1 aliphatic rings. The molecule has 0 aliphatic carbocycles. The normalized spacial score (nSPS) is 16.5. The van der Waals surface area contributed by atoms with Gasteiger partial charge in [-0.15, -0.1) is 10.2 Å². The smallest absolute Gasteiger partial charge is 0.194 e. The molecule has 0 amide bonds. The van der Waals surface area contributed by atoms with E-state index in [-0.39, 0.29) is 0 Å². The lowest BCUT2D eigenvalue weighted by molar-refractivity contribution is 0.369. The molecular formula is C21H32N6O. The maximum Gasteiger partial charge on any atom is 0.194 e. The number of likely N-dealkylation sites (tertiary alicyclic amines) is 1. The number of aromatic nitrogens is 3. The summed E-state index contributed by atoms with van der Waals surface area (Å²) in [5, 5.41) is 11.9. The van der Waals surface area contributed by atoms with Gasteiger partial charge in [0.2, 0.25) is 0 Å². The first-order chi connectivity index (χ1) is 13.4. The minimum Gasteiger partial charge on any atom is -0.497 e. The number of guanidine groups is 1. The highest BCUT2D eigenvalue weighted by Gasteiger charge is 2.31. The van der Waals surface area contributed by atoms with Crippen LogP contribution in [0.4, 0.5) is 0 Å². The molecule has 0 atom stereocenters. The summed E-state index contributed by atoms with van der Waals surface area (Å²) < 4.78 is 7.22. The van der Waals surface area contributed by atoms with Gasteiger partial charge >= 0.3 is 0 Å². The van der Waals surface area contributed by atoms with Crippen LogP contribution in [0.2, 0.25) is 0 Å². The van der Waals surface area contributed by atoms with Crippen molar-refractivity contribution in [1.29, 1.82) is 0 Å². The molecule has 152 valence electrons. The van der Waals surface area contributed by atoms with Crippen molar-refractivity contribution in [2.24, 2.45) is 17.5 Å². The van der Waals surface area contributed by atoms with Crippen LogP contribution < -0.4 is 10.1 Å². The van der Waals surface area contributed by atoms with Crippen molar-refractivity contribution >= 4 is 5.96 Å². The summed E-state index contributed by atoms with van der Waals surface area (Å²) in [5.74, 6) is 3.63. The fourth-order valence-corrected chi connectivity index (χ4v) is 3.41. The Labute approximate surface area is 167 Å². The molecule has 1 aromatic carbocycles. The summed E-state index contributed by atoms with van der Waals surface area (Å²) in [5.41, 5.74) is 1.60. The average Bonchev–Trinajstić information content (AvgIpc) is 3.20. The van der Waals surface area contributed by atoms with Gasteiger partial charge in [0.05, 0.1) is 7.11 Å². The maximum atomic E-state index is 5.23. The minimum absolute atomic E-state index is 0.319. The van der Waals surface area contributed by atoms with E-state index in [0.717, 1.165) is 49.4 Å². The van der Waals surface area contributed by atoms with Crippen molar-refractivity contribution in [2.45, 2.75) is 40.2 Å². The number of aryl methyl sites for hydroxylation is 1. The molecule has 1 fully saturated rings. The Morgan fingerprint density at radius 3 is 2.57 bits per heavy atom. The van der Waals surface area contributed by atoms with Crippen LogP contribution in [0.25, 0.3) is 0 Å². The van der Waals surface area contributed by atoms with Crippen LogP contribution in [0.1, 0.15) is 37.5 Å². The number of ether oxygens (including phenoxy) is 1. The highest BCUT2D eigenvalue weighted by Crippen LogP contribution is 2.28. The van der Waals surface area contributed by atoms with Crippen LogP contribution >= 0.6 is 0 Å². The zero-order valence-electron chi connectivity index (χ0n) is 17.7. The number of benzene rings is 1. The highest BCUT2D eigenvalue weighted by molar-refractivity contribution is 5.80. The monoisotopic (exact) mass is 384 g/mol. The van der Waals surface area contributed by atoms with Crippen LogP contribution in [0.15, 0.2) is 29.3 Å². The zero-order valence-corrected chi connectivity index (χ0v) is 17.7. The van der Waals surface area contributed by atoms with Gasteiger partial charge in [-0.1, -0.05) is 26.0 Å². The minimum atomic E-state index is 0.319. The van der Waals surface area contributed by atoms with Gasteiger partial charge in [0.15, 0.2) is 11.8 Å². The Balaban J connectivity index is 1.65. The van der Waals surface area contributed by atoms with Crippen LogP contribution in [0.3, 0.4) is 0 Å². The summed E-state index contributed by atoms with van der Waals surface area (Å²) in [4.78, 5) is 7.22. The van der Waals surface area contributed by atoms with E-state index in [9.17, 15) is 0 Å². The Kier molecular flexibility index (Phi) is 6.21. The molecule has 0 radical (unpaired) electrons. The van der Waals surface area contributed by atoms with Gasteiger partial charge in [-0.3, -0.25) is 0 Å². The molecule has 1 N–H and O–H groups in total. The lowest BCUT2D eigenvalue weighted by Crippen LogP contribution is -2.41. The number of aliphatic imine (C=N–C) groups is 1. The number of rotatable bonds is 6. The SMILES string of the molecule is COc1ccc(CCNC(=NCc2nnc(C)n2C)N2CCC(C)(C)C2)cc1. The quantitative estimate of drug-likeness (QED) is 0.612. The molecule has 1 aliphatic heterocycles. The molecule has 2 heterocycles. The molecule has 2 aromatic rings. The first kappa shape index (κ1) is 20.2. The molecule has 0 saturated carbocycles. The van der Waals surface area contributed by atoms with Crippen LogP contribution in [-0.2, 0) is 20.0 Å². The Hall–Kier alpha value is -2.57. The zero-order chi connectivity index (χ0) is 20.1. The average molecular weight is 385 g/mol. The van der Waals surface area contributed by atoms with E-state index < -0.39 is 0 Å². The molecule has 1 aromatic heterocycles. The van der Waals surface area contributed by atoms with Crippen molar-refractivity contribution < 1.29 is 4.74 Å². The van der Waals surface area contributed by atoms with E-state index >= 15 is 0 Å². The van der Waals surface area contributed by atoms with E-state index in [0.29, 0.717) is 12.0 Å². The first-order valence-electron chi connectivity index (χ1n) is 9.89. The van der Waals surface area contributed by atoms with Gasteiger partial charge in [0.25, 0.3) is 0 Å². The second-order valence-electron chi connectivity index (χ2n) is 8.22. The third-order valence-corrected chi connectivity index (χ3v) is 5.39. The van der Waals surface area contributed by atoms with Crippen molar-refractivity contribution in [3.05, 3.63) is 41.5 Å². The molecule has 0 unspecified atom stereocenters. The third-order valence-electron chi connectivity index (χ3n) is 5.39. The number of hydrogen-bond donors (Lipinski definition) is 1. The maximum absolute atomic E-state index is 5.23. The van der Waals surface area contributed by atoms with Crippen molar-refractivity contribution in [1.82, 2.24) is 25.0 Å². The molecule has 1 saturated heterocycles. The molecule has 28 heavy (non-hydrogen) atoms. The van der Waals surface area contributed by atoms with Gasteiger partial charge in [-0.25, -0.2) is 4.99 Å². The standard InChI is InChI=1S/C21H32N6O/c1-16-24-25-19(26(16)4)14-23-20(27-13-11-21(2,3)15-27)22-12-10-17-6-8-18(28-5)9-7-17/h6-9H,10-15H2,1-5H3,(H,22,23). The van der Waals surface area contributed by atoms with E-state index in [1.165, 1.54) is 12.0 Å². The predicted octanol–water partition coefficient (Wildman–Crippen LogP) is 2.55. The number of hydrogen-bond acceptors (Lipinski definition) is 4. The second-order valence-corrected chi connectivity index (χ2v) is 8.22. The lowest BCUT2D eigenvalue weighted by atomic mass is 9.93. The Bertz CT molecular complexity index is 809. The van der Waals surface area contributed by atoms with E-state index in [4.69, 9.17) is 9.73 Å². The summed E-state index contributed by atoms with van der Waals surface area (Å²) >= 11 is 0. The van der Waals surface area contributed by atoms with Gasteiger partial charge in [-0.2, -0.15) is 0 Å². The highest BCUT2D eigenvalue weighted by atomic mass is 16.5. The molecule has 0 bridgehead atoms.